The Morgan fingerprint density at radius 2 is 1.80 bits per heavy atom. The van der Waals surface area contributed by atoms with Crippen LogP contribution in [0.4, 0.5) is 0 Å². The van der Waals surface area contributed by atoms with Gasteiger partial charge in [-0.2, -0.15) is 0 Å². The summed E-state index contributed by atoms with van der Waals surface area (Å²) in [6, 6.07) is 8.89. The van der Waals surface area contributed by atoms with Crippen molar-refractivity contribution in [3.8, 4) is 0 Å². The molecule has 0 unspecified atom stereocenters. The van der Waals surface area contributed by atoms with E-state index < -0.39 is 0 Å². The largest absolute Gasteiger partial charge is 0.365 e. The normalized spacial score (nSPS) is 14.2. The van der Waals surface area contributed by atoms with Gasteiger partial charge in [-0.15, -0.1) is 0 Å². The second kappa shape index (κ2) is 8.05. The number of carbonyl (C=O) groups excluding carboxylic acids is 1. The molecule has 3 nitrogen and oxygen atoms in total. The number of primary amides is 1. The monoisotopic (exact) mass is 277 g/mol. The van der Waals surface area contributed by atoms with Crippen molar-refractivity contribution in [2.45, 2.75) is 59.0 Å². The molecule has 1 amide bonds. The Bertz CT molecular complexity index is 412. The molecule has 2 atom stereocenters. The first-order valence-electron chi connectivity index (χ1n) is 7.68. The van der Waals surface area contributed by atoms with E-state index in [9.17, 15) is 4.79 Å². The number of quaternary nitrogens is 1. The van der Waals surface area contributed by atoms with Crippen LogP contribution >= 0.6 is 0 Å². The maximum absolute atomic E-state index is 11.3. The fraction of sp³-hybridized carbons (Fsp3) is 0.588. The summed E-state index contributed by atoms with van der Waals surface area (Å²) in [4.78, 5) is 11.3. The van der Waals surface area contributed by atoms with Crippen molar-refractivity contribution in [2.24, 2.45) is 11.7 Å². The summed E-state index contributed by atoms with van der Waals surface area (Å²) < 4.78 is 0. The maximum atomic E-state index is 11.3. The zero-order valence-corrected chi connectivity index (χ0v) is 13.2. The summed E-state index contributed by atoms with van der Waals surface area (Å²) in [6.45, 7) is 8.44. The quantitative estimate of drug-likeness (QED) is 0.751. The van der Waals surface area contributed by atoms with Gasteiger partial charge in [0, 0.05) is 11.5 Å². The first-order valence-corrected chi connectivity index (χ1v) is 7.68. The van der Waals surface area contributed by atoms with E-state index in [-0.39, 0.29) is 18.0 Å². The van der Waals surface area contributed by atoms with Gasteiger partial charge in [-0.05, 0) is 25.3 Å². The maximum Gasteiger partial charge on any atom is 0.275 e. The third kappa shape index (κ3) is 4.97. The molecule has 1 aromatic carbocycles. The lowest BCUT2D eigenvalue weighted by molar-refractivity contribution is -0.719. The third-order valence-electron chi connectivity index (χ3n) is 3.85. The predicted octanol–water partition coefficient (Wildman–Crippen LogP) is 2.16. The average molecular weight is 277 g/mol. The molecule has 20 heavy (non-hydrogen) atoms. The summed E-state index contributed by atoms with van der Waals surface area (Å²) in [6.07, 6.45) is 3.60. The Morgan fingerprint density at radius 1 is 1.20 bits per heavy atom. The molecule has 0 bridgehead atoms. The molecule has 0 heterocycles. The molecule has 0 aliphatic heterocycles. The van der Waals surface area contributed by atoms with Gasteiger partial charge in [0.05, 0.1) is 0 Å². The van der Waals surface area contributed by atoms with Crippen LogP contribution in [0.3, 0.4) is 0 Å². The van der Waals surface area contributed by atoms with Crippen molar-refractivity contribution in [3.05, 3.63) is 35.4 Å². The van der Waals surface area contributed by atoms with Gasteiger partial charge in [0.15, 0.2) is 6.04 Å². The highest BCUT2D eigenvalue weighted by Crippen LogP contribution is 2.19. The van der Waals surface area contributed by atoms with Crippen LogP contribution in [0.1, 0.15) is 57.7 Å². The second-order valence-electron chi connectivity index (χ2n) is 6.00. The van der Waals surface area contributed by atoms with Crippen molar-refractivity contribution >= 4 is 5.91 Å². The van der Waals surface area contributed by atoms with Gasteiger partial charge < -0.3 is 11.1 Å². The molecular weight excluding hydrogens is 248 g/mol. The zero-order valence-electron chi connectivity index (χ0n) is 13.2. The Balaban J connectivity index is 2.79. The van der Waals surface area contributed by atoms with E-state index in [1.54, 1.807) is 0 Å². The van der Waals surface area contributed by atoms with Gasteiger partial charge in [0.2, 0.25) is 0 Å². The highest BCUT2D eigenvalue weighted by molar-refractivity contribution is 5.77. The van der Waals surface area contributed by atoms with E-state index in [4.69, 9.17) is 5.73 Å². The topological polar surface area (TPSA) is 59.7 Å². The molecule has 0 radical (unpaired) electrons. The van der Waals surface area contributed by atoms with Gasteiger partial charge in [0.25, 0.3) is 5.91 Å². The van der Waals surface area contributed by atoms with E-state index in [0.29, 0.717) is 5.92 Å². The van der Waals surface area contributed by atoms with Gasteiger partial charge >= 0.3 is 0 Å². The molecule has 0 fully saturated rings. The second-order valence-corrected chi connectivity index (χ2v) is 6.00. The van der Waals surface area contributed by atoms with Crippen molar-refractivity contribution in [3.63, 3.8) is 0 Å². The molecule has 1 aromatic rings. The van der Waals surface area contributed by atoms with Crippen molar-refractivity contribution in [2.75, 3.05) is 0 Å². The standard InChI is InChI=1S/C17H28N2O/c1-5-6-7-14-8-10-15(11-9-14)16(12(2)3)19-13(4)17(18)20/h8-13,16,19H,5-7H2,1-4H3,(H2,18,20)/p+1/t13-,16+/m0/s1. The minimum absolute atomic E-state index is 0.192. The molecule has 112 valence electrons. The Hall–Kier alpha value is -1.35. The molecule has 1 rings (SSSR count). The van der Waals surface area contributed by atoms with Crippen molar-refractivity contribution < 1.29 is 10.1 Å². The fourth-order valence-electron chi connectivity index (χ4n) is 2.41. The number of benzene rings is 1. The Kier molecular flexibility index (Phi) is 6.73. The van der Waals surface area contributed by atoms with Gasteiger partial charge in [0.1, 0.15) is 6.04 Å². The fourth-order valence-corrected chi connectivity index (χ4v) is 2.41. The van der Waals surface area contributed by atoms with E-state index >= 15 is 0 Å². The van der Waals surface area contributed by atoms with Crippen LogP contribution in [0.2, 0.25) is 0 Å². The highest BCUT2D eigenvalue weighted by Gasteiger charge is 2.24. The van der Waals surface area contributed by atoms with Crippen LogP contribution in [-0.2, 0) is 11.2 Å². The van der Waals surface area contributed by atoms with E-state index in [2.05, 4.69) is 50.4 Å². The minimum atomic E-state index is -0.254. The minimum Gasteiger partial charge on any atom is -0.365 e. The summed E-state index contributed by atoms with van der Waals surface area (Å²) in [7, 11) is 0. The lowest BCUT2D eigenvalue weighted by atomic mass is 9.94. The molecule has 0 aliphatic carbocycles. The van der Waals surface area contributed by atoms with E-state index in [1.165, 1.54) is 24.0 Å². The Labute approximate surface area is 122 Å². The summed E-state index contributed by atoms with van der Waals surface area (Å²) >= 11 is 0. The molecule has 0 spiro atoms. The molecule has 3 heteroatoms. The average Bonchev–Trinajstić information content (AvgIpc) is 2.42. The number of amides is 1. The van der Waals surface area contributed by atoms with E-state index in [1.807, 2.05) is 6.92 Å². The number of carbonyl (C=O) groups is 1. The number of aryl methyl sites for hydroxylation is 1. The zero-order chi connectivity index (χ0) is 15.1. The lowest BCUT2D eigenvalue weighted by Gasteiger charge is -2.22. The molecule has 0 saturated carbocycles. The Morgan fingerprint density at radius 3 is 2.25 bits per heavy atom. The number of hydrogen-bond acceptors (Lipinski definition) is 1. The molecule has 0 aliphatic rings. The van der Waals surface area contributed by atoms with Crippen LogP contribution in [0.5, 0.6) is 0 Å². The summed E-state index contributed by atoms with van der Waals surface area (Å²) in [5.41, 5.74) is 8.03. The summed E-state index contributed by atoms with van der Waals surface area (Å²) in [5.74, 6) is 0.202. The highest BCUT2D eigenvalue weighted by atomic mass is 16.1. The van der Waals surface area contributed by atoms with Crippen molar-refractivity contribution in [1.29, 1.82) is 0 Å². The SMILES string of the molecule is CCCCc1ccc([C@H]([NH2+][C@@H](C)C(N)=O)C(C)C)cc1. The third-order valence-corrected chi connectivity index (χ3v) is 3.85. The molecular formula is C17H29N2O+. The number of hydrogen-bond donors (Lipinski definition) is 2. The van der Waals surface area contributed by atoms with Crippen molar-refractivity contribution in [1.82, 2.24) is 0 Å². The van der Waals surface area contributed by atoms with Gasteiger partial charge in [-0.3, -0.25) is 4.79 Å². The number of nitrogens with two attached hydrogens (primary N) is 2. The van der Waals surface area contributed by atoms with Crippen LogP contribution in [0.15, 0.2) is 24.3 Å². The smallest absolute Gasteiger partial charge is 0.275 e. The van der Waals surface area contributed by atoms with Crippen LogP contribution in [0.25, 0.3) is 0 Å². The van der Waals surface area contributed by atoms with Gasteiger partial charge in [-0.1, -0.05) is 51.5 Å². The molecule has 0 saturated heterocycles. The van der Waals surface area contributed by atoms with Crippen LogP contribution in [-0.4, -0.2) is 11.9 Å². The molecule has 4 N–H and O–H groups in total. The molecule has 0 aromatic heterocycles. The van der Waals surface area contributed by atoms with E-state index in [0.717, 1.165) is 6.42 Å². The number of rotatable bonds is 8. The predicted molar refractivity (Wildman–Crippen MR) is 83.2 cm³/mol. The first kappa shape index (κ1) is 16.7. The first-order chi connectivity index (χ1) is 9.45. The number of unbranched alkanes of at least 4 members (excludes halogenated alkanes) is 1. The summed E-state index contributed by atoms with van der Waals surface area (Å²) in [5, 5.41) is 2.08. The van der Waals surface area contributed by atoms with Crippen LogP contribution < -0.4 is 11.1 Å². The van der Waals surface area contributed by atoms with Gasteiger partial charge in [-0.25, -0.2) is 0 Å². The van der Waals surface area contributed by atoms with Crippen LogP contribution in [0, 0.1) is 5.92 Å². The lowest BCUT2D eigenvalue weighted by Crippen LogP contribution is -2.93.